The fourth-order valence-corrected chi connectivity index (χ4v) is 1.60. The third-order valence-corrected chi connectivity index (χ3v) is 2.66. The lowest BCUT2D eigenvalue weighted by atomic mass is 10.1. The molecule has 2 rings (SSSR count). The molecule has 0 aliphatic carbocycles. The van der Waals surface area contributed by atoms with E-state index in [9.17, 15) is 13.6 Å². The summed E-state index contributed by atoms with van der Waals surface area (Å²) in [6.45, 7) is -0.172. The molecule has 0 bridgehead atoms. The predicted molar refractivity (Wildman–Crippen MR) is 67.2 cm³/mol. The molecule has 2 aromatic rings. The molecular formula is C15H9F2NO2. The Bertz CT molecular complexity index is 693. The molecule has 0 saturated carbocycles. The fraction of sp³-hybridized carbons (Fsp3) is 0.0667. The highest BCUT2D eigenvalue weighted by Crippen LogP contribution is 2.20. The van der Waals surface area contributed by atoms with Crippen molar-refractivity contribution in [1.29, 1.82) is 5.26 Å². The molecule has 0 saturated heterocycles. The lowest BCUT2D eigenvalue weighted by Gasteiger charge is -2.08. The van der Waals surface area contributed by atoms with E-state index in [0.29, 0.717) is 6.29 Å². The van der Waals surface area contributed by atoms with Gasteiger partial charge in [0.1, 0.15) is 18.7 Å². The van der Waals surface area contributed by atoms with Crippen molar-refractivity contribution in [3.05, 3.63) is 64.7 Å². The Morgan fingerprint density at radius 3 is 2.55 bits per heavy atom. The standard InChI is InChI=1S/C15H9F2NO2/c16-13-5-10(7-18)1-3-12(13)9-20-15-4-2-11(8-19)6-14(15)17/h1-6,8H,9H2. The second-order valence-electron chi connectivity index (χ2n) is 4.01. The van der Waals surface area contributed by atoms with Crippen LogP contribution in [-0.4, -0.2) is 6.29 Å². The number of carbonyl (C=O) groups is 1. The van der Waals surface area contributed by atoms with Gasteiger partial charge in [-0.25, -0.2) is 8.78 Å². The second kappa shape index (κ2) is 5.93. The van der Waals surface area contributed by atoms with Crippen molar-refractivity contribution in [2.24, 2.45) is 0 Å². The van der Waals surface area contributed by atoms with Crippen LogP contribution in [0.4, 0.5) is 8.78 Å². The fourth-order valence-electron chi connectivity index (χ4n) is 1.60. The van der Waals surface area contributed by atoms with Gasteiger partial charge in [0.25, 0.3) is 0 Å². The van der Waals surface area contributed by atoms with Gasteiger partial charge in [-0.3, -0.25) is 4.79 Å². The van der Waals surface area contributed by atoms with Gasteiger partial charge in [0.15, 0.2) is 11.6 Å². The van der Waals surface area contributed by atoms with E-state index in [1.807, 2.05) is 6.07 Å². The average Bonchev–Trinajstić information content (AvgIpc) is 2.46. The van der Waals surface area contributed by atoms with Crippen molar-refractivity contribution in [3.63, 3.8) is 0 Å². The lowest BCUT2D eigenvalue weighted by molar-refractivity contribution is 0.112. The molecule has 0 amide bonds. The highest BCUT2D eigenvalue weighted by atomic mass is 19.1. The second-order valence-corrected chi connectivity index (χ2v) is 4.01. The van der Waals surface area contributed by atoms with Crippen LogP contribution in [0.3, 0.4) is 0 Å². The number of aldehydes is 1. The number of nitriles is 1. The largest absolute Gasteiger partial charge is 0.486 e. The van der Waals surface area contributed by atoms with E-state index in [1.165, 1.54) is 24.3 Å². The van der Waals surface area contributed by atoms with Crippen LogP contribution in [-0.2, 0) is 6.61 Å². The molecule has 0 heterocycles. The monoisotopic (exact) mass is 273 g/mol. The number of hydrogen-bond acceptors (Lipinski definition) is 3. The van der Waals surface area contributed by atoms with Gasteiger partial charge in [-0.15, -0.1) is 0 Å². The molecule has 0 spiro atoms. The molecule has 5 heteroatoms. The summed E-state index contributed by atoms with van der Waals surface area (Å²) in [5.41, 5.74) is 0.607. The summed E-state index contributed by atoms with van der Waals surface area (Å²) in [6, 6.07) is 9.51. The maximum atomic E-state index is 13.6. The van der Waals surface area contributed by atoms with Crippen LogP contribution in [0.2, 0.25) is 0 Å². The number of hydrogen-bond donors (Lipinski definition) is 0. The maximum absolute atomic E-state index is 13.6. The molecule has 0 aliphatic heterocycles. The predicted octanol–water partition coefficient (Wildman–Crippen LogP) is 3.23. The maximum Gasteiger partial charge on any atom is 0.165 e. The van der Waals surface area contributed by atoms with E-state index in [1.54, 1.807) is 0 Å². The number of rotatable bonds is 4. The minimum atomic E-state index is -0.691. The van der Waals surface area contributed by atoms with Gasteiger partial charge >= 0.3 is 0 Å². The summed E-state index contributed by atoms with van der Waals surface area (Å²) in [6.07, 6.45) is 0.521. The van der Waals surface area contributed by atoms with Crippen LogP contribution >= 0.6 is 0 Å². The highest BCUT2D eigenvalue weighted by Gasteiger charge is 2.08. The van der Waals surface area contributed by atoms with Crippen LogP contribution in [0.15, 0.2) is 36.4 Å². The first-order valence-electron chi connectivity index (χ1n) is 5.70. The summed E-state index contributed by atoms with van der Waals surface area (Å²) in [4.78, 5) is 10.5. The molecule has 0 fully saturated rings. The highest BCUT2D eigenvalue weighted by molar-refractivity contribution is 5.74. The zero-order valence-corrected chi connectivity index (χ0v) is 10.3. The molecule has 0 aromatic heterocycles. The quantitative estimate of drug-likeness (QED) is 0.803. The van der Waals surface area contributed by atoms with Gasteiger partial charge in [-0.05, 0) is 30.3 Å². The smallest absolute Gasteiger partial charge is 0.165 e. The van der Waals surface area contributed by atoms with Crippen LogP contribution in [0.5, 0.6) is 5.75 Å². The first-order valence-corrected chi connectivity index (χ1v) is 5.70. The van der Waals surface area contributed by atoms with Crippen LogP contribution < -0.4 is 4.74 Å². The molecule has 100 valence electrons. The van der Waals surface area contributed by atoms with Crippen molar-refractivity contribution >= 4 is 6.29 Å². The van der Waals surface area contributed by atoms with E-state index >= 15 is 0 Å². The topological polar surface area (TPSA) is 50.1 Å². The van der Waals surface area contributed by atoms with Gasteiger partial charge in [0, 0.05) is 11.1 Å². The summed E-state index contributed by atoms with van der Waals surface area (Å²) in [7, 11) is 0. The molecule has 0 radical (unpaired) electrons. The summed E-state index contributed by atoms with van der Waals surface area (Å²) >= 11 is 0. The normalized spacial score (nSPS) is 9.85. The zero-order chi connectivity index (χ0) is 14.5. The van der Waals surface area contributed by atoms with Crippen molar-refractivity contribution in [2.75, 3.05) is 0 Å². The Kier molecular flexibility index (Phi) is 4.06. The Morgan fingerprint density at radius 2 is 1.95 bits per heavy atom. The van der Waals surface area contributed by atoms with Gasteiger partial charge in [0.05, 0.1) is 11.6 Å². The molecule has 20 heavy (non-hydrogen) atoms. The summed E-state index contributed by atoms with van der Waals surface area (Å²) in [5, 5.41) is 8.62. The van der Waals surface area contributed by atoms with Gasteiger partial charge in [-0.1, -0.05) is 6.07 Å². The third kappa shape index (κ3) is 2.98. The van der Waals surface area contributed by atoms with Crippen LogP contribution in [0.1, 0.15) is 21.5 Å². The average molecular weight is 273 g/mol. The molecule has 3 nitrogen and oxygen atoms in total. The van der Waals surface area contributed by atoms with Crippen LogP contribution in [0.25, 0.3) is 0 Å². The van der Waals surface area contributed by atoms with Gasteiger partial charge in [-0.2, -0.15) is 5.26 Å². The summed E-state index contributed by atoms with van der Waals surface area (Å²) < 4.78 is 32.3. The number of benzene rings is 2. The lowest BCUT2D eigenvalue weighted by Crippen LogP contribution is -2.01. The van der Waals surface area contributed by atoms with Crippen molar-refractivity contribution in [2.45, 2.75) is 6.61 Å². The number of ether oxygens (including phenoxy) is 1. The zero-order valence-electron chi connectivity index (χ0n) is 10.3. The third-order valence-electron chi connectivity index (χ3n) is 2.66. The Balaban J connectivity index is 2.13. The molecule has 2 aromatic carbocycles. The van der Waals surface area contributed by atoms with E-state index in [2.05, 4.69) is 0 Å². The first-order chi connectivity index (χ1) is 9.63. The number of nitrogens with zero attached hydrogens (tertiary/aromatic N) is 1. The molecule has 0 N–H and O–H groups in total. The van der Waals surface area contributed by atoms with E-state index in [4.69, 9.17) is 10.00 Å². The molecule has 0 atom stereocenters. The van der Waals surface area contributed by atoms with E-state index in [-0.39, 0.29) is 29.0 Å². The summed E-state index contributed by atoms with van der Waals surface area (Å²) in [5.74, 6) is -1.35. The van der Waals surface area contributed by atoms with E-state index in [0.717, 1.165) is 12.1 Å². The number of halogens is 2. The van der Waals surface area contributed by atoms with Gasteiger partial charge < -0.3 is 4.74 Å². The van der Waals surface area contributed by atoms with Crippen molar-refractivity contribution in [3.8, 4) is 11.8 Å². The van der Waals surface area contributed by atoms with Crippen molar-refractivity contribution < 1.29 is 18.3 Å². The van der Waals surface area contributed by atoms with Crippen molar-refractivity contribution in [1.82, 2.24) is 0 Å². The minimum Gasteiger partial charge on any atom is -0.486 e. The van der Waals surface area contributed by atoms with Gasteiger partial charge in [0.2, 0.25) is 0 Å². The van der Waals surface area contributed by atoms with Crippen LogP contribution in [0, 0.1) is 23.0 Å². The molecular weight excluding hydrogens is 264 g/mol. The SMILES string of the molecule is N#Cc1ccc(COc2ccc(C=O)cc2F)c(F)c1. The molecule has 0 aliphatic rings. The number of carbonyl (C=O) groups excluding carboxylic acids is 1. The minimum absolute atomic E-state index is 0.0700. The Labute approximate surface area is 114 Å². The molecule has 0 unspecified atom stereocenters. The Hall–Kier alpha value is -2.74. The first kappa shape index (κ1) is 13.7. The Morgan fingerprint density at radius 1 is 1.15 bits per heavy atom. The van der Waals surface area contributed by atoms with E-state index < -0.39 is 11.6 Å².